The van der Waals surface area contributed by atoms with E-state index >= 15 is 0 Å². The first kappa shape index (κ1) is 15.8. The van der Waals surface area contributed by atoms with Gasteiger partial charge < -0.3 is 5.32 Å². The van der Waals surface area contributed by atoms with E-state index in [2.05, 4.69) is 47.1 Å². The number of nitrogens with one attached hydrogen (secondary N) is 1. The van der Waals surface area contributed by atoms with Gasteiger partial charge in [-0.1, -0.05) is 47.8 Å². The predicted octanol–water partition coefficient (Wildman–Crippen LogP) is 3.53. The van der Waals surface area contributed by atoms with E-state index in [-0.39, 0.29) is 12.5 Å². The molecule has 0 saturated carbocycles. The monoisotopic (exact) mass is 321 g/mol. The third-order valence-corrected chi connectivity index (χ3v) is 3.56. The molecule has 0 aliphatic carbocycles. The highest BCUT2D eigenvalue weighted by Crippen LogP contribution is 2.18. The first-order valence-electron chi connectivity index (χ1n) is 6.48. The molecule has 102 valence electrons. The Balaban J connectivity index is 2.95. The average Bonchev–Trinajstić information content (AvgIpc) is 2.42. The summed E-state index contributed by atoms with van der Waals surface area (Å²) in [6.07, 6.45) is 7.16. The fraction of sp³-hybridized carbons (Fsp3) is 0.438. The molecular formula is C16H20BrNO. The maximum atomic E-state index is 12.1. The standard InChI is InChI=1S/C16H20BrNO/c1-4-9-18-16(19)15-10-13(11-17)6-8-14(15)7-5-12(2)3/h1,6,8,10,12H,5,7,9,11H2,2-3H3,(H,18,19). The van der Waals surface area contributed by atoms with Crippen LogP contribution in [0.4, 0.5) is 0 Å². The lowest BCUT2D eigenvalue weighted by Crippen LogP contribution is -2.25. The summed E-state index contributed by atoms with van der Waals surface area (Å²) in [5, 5.41) is 3.48. The summed E-state index contributed by atoms with van der Waals surface area (Å²) in [5.41, 5.74) is 2.93. The maximum absolute atomic E-state index is 12.1. The molecule has 1 amide bonds. The van der Waals surface area contributed by atoms with Crippen molar-refractivity contribution in [1.82, 2.24) is 5.32 Å². The second kappa shape index (κ2) is 8.01. The van der Waals surface area contributed by atoms with Gasteiger partial charge in [-0.25, -0.2) is 0 Å². The van der Waals surface area contributed by atoms with Crippen molar-refractivity contribution < 1.29 is 4.79 Å². The van der Waals surface area contributed by atoms with E-state index in [4.69, 9.17) is 6.42 Å². The van der Waals surface area contributed by atoms with Gasteiger partial charge in [-0.15, -0.1) is 6.42 Å². The van der Waals surface area contributed by atoms with E-state index < -0.39 is 0 Å². The van der Waals surface area contributed by atoms with Crippen LogP contribution >= 0.6 is 15.9 Å². The van der Waals surface area contributed by atoms with Gasteiger partial charge in [0.1, 0.15) is 0 Å². The Bertz CT molecular complexity index is 474. The molecule has 0 aliphatic heterocycles. The van der Waals surface area contributed by atoms with Gasteiger partial charge in [0, 0.05) is 10.9 Å². The lowest BCUT2D eigenvalue weighted by molar-refractivity contribution is 0.0957. The zero-order chi connectivity index (χ0) is 14.3. The molecule has 1 aromatic rings. The van der Waals surface area contributed by atoms with Crippen molar-refractivity contribution >= 4 is 21.8 Å². The summed E-state index contributed by atoms with van der Waals surface area (Å²) in [7, 11) is 0. The molecule has 1 aromatic carbocycles. The number of amides is 1. The van der Waals surface area contributed by atoms with Gasteiger partial charge in [0.15, 0.2) is 0 Å². The number of rotatable bonds is 6. The minimum atomic E-state index is -0.0838. The van der Waals surface area contributed by atoms with Crippen LogP contribution in [0.5, 0.6) is 0 Å². The van der Waals surface area contributed by atoms with Gasteiger partial charge in [0.2, 0.25) is 0 Å². The molecule has 19 heavy (non-hydrogen) atoms. The molecule has 0 unspecified atom stereocenters. The van der Waals surface area contributed by atoms with Crippen LogP contribution in [0.3, 0.4) is 0 Å². The molecule has 1 rings (SSSR count). The zero-order valence-corrected chi connectivity index (χ0v) is 13.1. The summed E-state index contributed by atoms with van der Waals surface area (Å²) in [5.74, 6) is 2.96. The minimum Gasteiger partial charge on any atom is -0.341 e. The number of carbonyl (C=O) groups is 1. The van der Waals surface area contributed by atoms with Gasteiger partial charge in [-0.2, -0.15) is 0 Å². The number of carbonyl (C=O) groups excluding carboxylic acids is 1. The van der Waals surface area contributed by atoms with Gasteiger partial charge in [-0.3, -0.25) is 4.79 Å². The van der Waals surface area contributed by atoms with Crippen LogP contribution in [0.2, 0.25) is 0 Å². The van der Waals surface area contributed by atoms with Gasteiger partial charge in [-0.05, 0) is 36.0 Å². The largest absolute Gasteiger partial charge is 0.341 e. The summed E-state index contributed by atoms with van der Waals surface area (Å²) in [4.78, 5) is 12.1. The minimum absolute atomic E-state index is 0.0838. The lowest BCUT2D eigenvalue weighted by atomic mass is 9.96. The molecule has 3 heteroatoms. The molecule has 0 aromatic heterocycles. The summed E-state index contributed by atoms with van der Waals surface area (Å²) in [6.45, 7) is 4.64. The van der Waals surface area contributed by atoms with E-state index in [1.807, 2.05) is 12.1 Å². The van der Waals surface area contributed by atoms with Crippen LogP contribution in [-0.4, -0.2) is 12.5 Å². The zero-order valence-electron chi connectivity index (χ0n) is 11.5. The molecule has 0 radical (unpaired) electrons. The van der Waals surface area contributed by atoms with E-state index in [0.717, 1.165) is 34.9 Å². The third kappa shape index (κ3) is 5.08. The number of hydrogen-bond acceptors (Lipinski definition) is 1. The van der Waals surface area contributed by atoms with Gasteiger partial charge >= 0.3 is 0 Å². The first-order chi connectivity index (χ1) is 9.08. The van der Waals surface area contributed by atoms with Crippen molar-refractivity contribution in [2.75, 3.05) is 6.54 Å². The molecule has 2 nitrogen and oxygen atoms in total. The summed E-state index contributed by atoms with van der Waals surface area (Å²) in [6, 6.07) is 6.04. The van der Waals surface area contributed by atoms with Crippen molar-refractivity contribution in [2.45, 2.75) is 32.0 Å². The average molecular weight is 322 g/mol. The van der Waals surface area contributed by atoms with E-state index in [9.17, 15) is 4.79 Å². The summed E-state index contributed by atoms with van der Waals surface area (Å²) >= 11 is 3.42. The summed E-state index contributed by atoms with van der Waals surface area (Å²) < 4.78 is 0. The molecular weight excluding hydrogens is 302 g/mol. The molecule has 0 spiro atoms. The van der Waals surface area contributed by atoms with E-state index in [1.54, 1.807) is 0 Å². The van der Waals surface area contributed by atoms with Crippen molar-refractivity contribution in [3.8, 4) is 12.3 Å². The van der Waals surface area contributed by atoms with Crippen LogP contribution in [-0.2, 0) is 11.8 Å². The number of alkyl halides is 1. The molecule has 0 heterocycles. The Morgan fingerprint density at radius 1 is 1.47 bits per heavy atom. The lowest BCUT2D eigenvalue weighted by Gasteiger charge is -2.12. The van der Waals surface area contributed by atoms with Crippen molar-refractivity contribution in [2.24, 2.45) is 5.92 Å². The highest BCUT2D eigenvalue weighted by Gasteiger charge is 2.12. The molecule has 0 aliphatic rings. The first-order valence-corrected chi connectivity index (χ1v) is 7.60. The third-order valence-electron chi connectivity index (χ3n) is 2.92. The van der Waals surface area contributed by atoms with Crippen LogP contribution in [0, 0.1) is 18.3 Å². The Kier molecular flexibility index (Phi) is 6.66. The molecule has 0 fully saturated rings. The molecule has 0 atom stereocenters. The number of terminal acetylenes is 1. The van der Waals surface area contributed by atoms with Crippen LogP contribution in [0.1, 0.15) is 41.8 Å². The molecule has 1 N–H and O–H groups in total. The number of benzene rings is 1. The van der Waals surface area contributed by atoms with Crippen molar-refractivity contribution in [3.05, 3.63) is 34.9 Å². The predicted molar refractivity (Wildman–Crippen MR) is 83.4 cm³/mol. The van der Waals surface area contributed by atoms with Gasteiger partial charge in [0.05, 0.1) is 6.54 Å². The highest BCUT2D eigenvalue weighted by atomic mass is 79.9. The quantitative estimate of drug-likeness (QED) is 0.630. The fourth-order valence-electron chi connectivity index (χ4n) is 1.81. The normalized spacial score (nSPS) is 10.3. The van der Waals surface area contributed by atoms with Crippen LogP contribution < -0.4 is 5.32 Å². The van der Waals surface area contributed by atoms with Crippen molar-refractivity contribution in [3.63, 3.8) is 0 Å². The molecule has 0 saturated heterocycles. The van der Waals surface area contributed by atoms with Crippen LogP contribution in [0.15, 0.2) is 18.2 Å². The Morgan fingerprint density at radius 2 is 2.21 bits per heavy atom. The highest BCUT2D eigenvalue weighted by molar-refractivity contribution is 9.08. The van der Waals surface area contributed by atoms with Gasteiger partial charge in [0.25, 0.3) is 5.91 Å². The topological polar surface area (TPSA) is 29.1 Å². The maximum Gasteiger partial charge on any atom is 0.252 e. The van der Waals surface area contributed by atoms with E-state index in [1.165, 1.54) is 0 Å². The second-order valence-corrected chi connectivity index (χ2v) is 5.51. The molecule has 0 bridgehead atoms. The number of aryl methyl sites for hydroxylation is 1. The Morgan fingerprint density at radius 3 is 2.79 bits per heavy atom. The number of hydrogen-bond donors (Lipinski definition) is 1. The Hall–Kier alpha value is -1.27. The van der Waals surface area contributed by atoms with E-state index in [0.29, 0.717) is 5.92 Å². The SMILES string of the molecule is C#CCNC(=O)c1cc(CBr)ccc1CCC(C)C. The van der Waals surface area contributed by atoms with Crippen molar-refractivity contribution in [1.29, 1.82) is 0 Å². The fourth-order valence-corrected chi connectivity index (χ4v) is 2.16. The Labute approximate surface area is 124 Å². The number of halogens is 1. The second-order valence-electron chi connectivity index (χ2n) is 4.94. The van der Waals surface area contributed by atoms with Crippen LogP contribution in [0.25, 0.3) is 0 Å². The smallest absolute Gasteiger partial charge is 0.252 e.